The molecule has 5 heteroatoms. The van der Waals surface area contributed by atoms with Crippen LogP contribution in [0.1, 0.15) is 45.8 Å². The Balaban J connectivity index is 1.32. The number of fused-ring (bicyclic) bond motifs is 1. The Morgan fingerprint density at radius 2 is 1.64 bits per heavy atom. The number of rotatable bonds is 4. The number of carbonyl (C=O) groups excluding carboxylic acids is 2. The van der Waals surface area contributed by atoms with Gasteiger partial charge in [-0.1, -0.05) is 42.5 Å². The Morgan fingerprint density at radius 1 is 0.939 bits per heavy atom. The third-order valence-corrected chi connectivity index (χ3v) is 6.77. The van der Waals surface area contributed by atoms with E-state index in [1.165, 1.54) is 17.7 Å². The first-order chi connectivity index (χ1) is 16.1. The van der Waals surface area contributed by atoms with E-state index in [0.717, 1.165) is 24.0 Å². The van der Waals surface area contributed by atoms with E-state index >= 15 is 0 Å². The van der Waals surface area contributed by atoms with Gasteiger partial charge in [-0.15, -0.1) is 0 Å². The fraction of sp³-hybridized carbons (Fsp3) is 0.286. The van der Waals surface area contributed by atoms with Crippen LogP contribution in [-0.2, 0) is 11.2 Å². The van der Waals surface area contributed by atoms with Crippen molar-refractivity contribution in [2.45, 2.75) is 25.2 Å². The molecule has 0 aromatic heterocycles. The lowest BCUT2D eigenvalue weighted by molar-refractivity contribution is -0.121. The zero-order valence-electron chi connectivity index (χ0n) is 18.4. The molecule has 0 unspecified atom stereocenters. The van der Waals surface area contributed by atoms with Crippen LogP contribution in [0, 0.1) is 11.7 Å². The second-order valence-corrected chi connectivity index (χ2v) is 8.90. The molecule has 168 valence electrons. The van der Waals surface area contributed by atoms with E-state index in [9.17, 15) is 14.0 Å². The molecule has 2 aliphatic rings. The fourth-order valence-electron chi connectivity index (χ4n) is 5.10. The molecule has 1 saturated heterocycles. The van der Waals surface area contributed by atoms with Crippen LogP contribution >= 0.6 is 0 Å². The standard InChI is InChI=1S/C28H26FNO3/c29-24-9-6-20(7-10-24)27(19-4-2-1-3-5-19)21-12-14-30(15-13-21)28(32)22-8-11-26-23(16-22)17-25(31)18-33-26/h1-11,16,21,27H,12-15,17-18H2/t27-/m1/s1. The molecule has 1 amide bonds. The average Bonchev–Trinajstić information content (AvgIpc) is 2.85. The number of benzene rings is 3. The van der Waals surface area contributed by atoms with Crippen molar-refractivity contribution in [2.75, 3.05) is 19.7 Å². The average molecular weight is 444 g/mol. The number of carbonyl (C=O) groups is 2. The Bertz CT molecular complexity index is 1150. The lowest BCUT2D eigenvalue weighted by atomic mass is 9.76. The van der Waals surface area contributed by atoms with Crippen molar-refractivity contribution in [1.82, 2.24) is 4.90 Å². The zero-order valence-corrected chi connectivity index (χ0v) is 18.4. The second kappa shape index (κ2) is 9.18. The van der Waals surface area contributed by atoms with Crippen LogP contribution in [-0.4, -0.2) is 36.3 Å². The van der Waals surface area contributed by atoms with Gasteiger partial charge in [0.05, 0.1) is 0 Å². The van der Waals surface area contributed by atoms with Gasteiger partial charge in [-0.25, -0.2) is 4.39 Å². The minimum atomic E-state index is -0.233. The highest BCUT2D eigenvalue weighted by Gasteiger charge is 2.31. The summed E-state index contributed by atoms with van der Waals surface area (Å²) in [6, 6.07) is 22.5. The quantitative estimate of drug-likeness (QED) is 0.569. The summed E-state index contributed by atoms with van der Waals surface area (Å²) in [6.07, 6.45) is 2.05. The van der Waals surface area contributed by atoms with Gasteiger partial charge in [0.2, 0.25) is 0 Å². The number of piperidine rings is 1. The molecule has 3 aromatic rings. The maximum absolute atomic E-state index is 13.6. The molecular weight excluding hydrogens is 417 g/mol. The van der Waals surface area contributed by atoms with Crippen molar-refractivity contribution in [3.05, 3.63) is 101 Å². The molecule has 3 aromatic carbocycles. The van der Waals surface area contributed by atoms with E-state index in [1.54, 1.807) is 18.2 Å². The zero-order chi connectivity index (χ0) is 22.8. The van der Waals surface area contributed by atoms with Gasteiger partial charge >= 0.3 is 0 Å². The first-order valence-electron chi connectivity index (χ1n) is 11.5. The fourth-order valence-corrected chi connectivity index (χ4v) is 5.10. The summed E-state index contributed by atoms with van der Waals surface area (Å²) in [4.78, 5) is 26.8. The van der Waals surface area contributed by atoms with E-state index in [-0.39, 0.29) is 30.0 Å². The van der Waals surface area contributed by atoms with Crippen LogP contribution in [0.4, 0.5) is 4.39 Å². The molecule has 0 N–H and O–H groups in total. The molecule has 2 heterocycles. The van der Waals surface area contributed by atoms with Crippen LogP contribution in [0.5, 0.6) is 5.75 Å². The molecule has 33 heavy (non-hydrogen) atoms. The van der Waals surface area contributed by atoms with Gasteiger partial charge in [0.1, 0.15) is 18.2 Å². The number of Topliss-reactive ketones (excluding diaryl/α,β-unsaturated/α-hetero) is 1. The van der Waals surface area contributed by atoms with Crippen molar-refractivity contribution in [2.24, 2.45) is 5.92 Å². The molecule has 5 rings (SSSR count). The normalized spacial score (nSPS) is 17.2. The van der Waals surface area contributed by atoms with Crippen molar-refractivity contribution in [3.63, 3.8) is 0 Å². The highest BCUT2D eigenvalue weighted by molar-refractivity contribution is 5.95. The largest absolute Gasteiger partial charge is 0.486 e. The summed E-state index contributed by atoms with van der Waals surface area (Å²) >= 11 is 0. The first-order valence-corrected chi connectivity index (χ1v) is 11.5. The Morgan fingerprint density at radius 3 is 2.36 bits per heavy atom. The topological polar surface area (TPSA) is 46.6 Å². The molecule has 1 atom stereocenters. The number of hydrogen-bond donors (Lipinski definition) is 0. The Hall–Kier alpha value is -3.47. The lowest BCUT2D eigenvalue weighted by Gasteiger charge is -2.37. The van der Waals surface area contributed by atoms with Crippen molar-refractivity contribution < 1.29 is 18.7 Å². The van der Waals surface area contributed by atoms with Crippen LogP contribution in [0.15, 0.2) is 72.8 Å². The number of likely N-dealkylation sites (tertiary alicyclic amines) is 1. The highest BCUT2D eigenvalue weighted by Crippen LogP contribution is 2.38. The summed E-state index contributed by atoms with van der Waals surface area (Å²) in [6.45, 7) is 1.44. The molecule has 4 nitrogen and oxygen atoms in total. The number of hydrogen-bond acceptors (Lipinski definition) is 3. The predicted octanol–water partition coefficient (Wildman–Crippen LogP) is 5.01. The number of nitrogens with zero attached hydrogens (tertiary/aromatic N) is 1. The molecule has 0 aliphatic carbocycles. The smallest absolute Gasteiger partial charge is 0.253 e. The van der Waals surface area contributed by atoms with Gasteiger partial charge in [-0.3, -0.25) is 9.59 Å². The van der Waals surface area contributed by atoms with E-state index in [1.807, 2.05) is 35.2 Å². The summed E-state index contributed by atoms with van der Waals surface area (Å²) < 4.78 is 19.0. The molecule has 0 bridgehead atoms. The Kier molecular flexibility index (Phi) is 5.95. The van der Waals surface area contributed by atoms with Gasteiger partial charge in [0.25, 0.3) is 5.91 Å². The van der Waals surface area contributed by atoms with E-state index in [0.29, 0.717) is 36.7 Å². The number of ketones is 1. The highest BCUT2D eigenvalue weighted by atomic mass is 19.1. The maximum atomic E-state index is 13.6. The summed E-state index contributed by atoms with van der Waals surface area (Å²) in [5, 5.41) is 0. The minimum Gasteiger partial charge on any atom is -0.486 e. The van der Waals surface area contributed by atoms with E-state index in [4.69, 9.17) is 4.74 Å². The predicted molar refractivity (Wildman–Crippen MR) is 124 cm³/mol. The van der Waals surface area contributed by atoms with Crippen LogP contribution in [0.2, 0.25) is 0 Å². The van der Waals surface area contributed by atoms with Gasteiger partial charge in [0.15, 0.2) is 5.78 Å². The first kappa shape index (κ1) is 21.4. The molecule has 2 aliphatic heterocycles. The van der Waals surface area contributed by atoms with Gasteiger partial charge < -0.3 is 9.64 Å². The van der Waals surface area contributed by atoms with Crippen molar-refractivity contribution >= 4 is 11.7 Å². The van der Waals surface area contributed by atoms with E-state index < -0.39 is 0 Å². The second-order valence-electron chi connectivity index (χ2n) is 8.90. The summed E-state index contributed by atoms with van der Waals surface area (Å²) in [7, 11) is 0. The SMILES string of the molecule is O=C1COc2ccc(C(=O)N3CCC([C@H](c4ccccc4)c4ccc(F)cc4)CC3)cc2C1. The van der Waals surface area contributed by atoms with Crippen LogP contribution < -0.4 is 4.74 Å². The molecule has 0 spiro atoms. The van der Waals surface area contributed by atoms with Crippen LogP contribution in [0.25, 0.3) is 0 Å². The third-order valence-electron chi connectivity index (χ3n) is 6.77. The number of amides is 1. The summed E-state index contributed by atoms with van der Waals surface area (Å²) in [5.41, 5.74) is 3.70. The summed E-state index contributed by atoms with van der Waals surface area (Å²) in [5.74, 6) is 0.999. The van der Waals surface area contributed by atoms with Crippen LogP contribution in [0.3, 0.4) is 0 Å². The van der Waals surface area contributed by atoms with Crippen molar-refractivity contribution in [1.29, 1.82) is 0 Å². The molecule has 1 fully saturated rings. The lowest BCUT2D eigenvalue weighted by Crippen LogP contribution is -2.40. The monoisotopic (exact) mass is 443 g/mol. The number of ether oxygens (including phenoxy) is 1. The maximum Gasteiger partial charge on any atom is 0.253 e. The third kappa shape index (κ3) is 4.54. The van der Waals surface area contributed by atoms with Crippen molar-refractivity contribution in [3.8, 4) is 5.75 Å². The van der Waals surface area contributed by atoms with E-state index in [2.05, 4.69) is 12.1 Å². The molecule has 0 saturated carbocycles. The van der Waals surface area contributed by atoms with Gasteiger partial charge in [0, 0.05) is 36.6 Å². The number of halogens is 1. The minimum absolute atomic E-state index is 0.00712. The molecule has 0 radical (unpaired) electrons. The molecular formula is C28H26FNO3. The van der Waals surface area contributed by atoms with Gasteiger partial charge in [-0.05, 0) is 60.2 Å². The Labute approximate surface area is 193 Å². The van der Waals surface area contributed by atoms with Gasteiger partial charge in [-0.2, -0.15) is 0 Å².